The second kappa shape index (κ2) is 10.1. The van der Waals surface area contributed by atoms with E-state index < -0.39 is 29.6 Å². The zero-order chi connectivity index (χ0) is 25.2. The Balaban J connectivity index is 1.42. The summed E-state index contributed by atoms with van der Waals surface area (Å²) in [6.45, 7) is 5.85. The summed E-state index contributed by atoms with van der Waals surface area (Å²) in [4.78, 5) is 37.9. The predicted molar refractivity (Wildman–Crippen MR) is 133 cm³/mol. The molecule has 0 bridgehead atoms. The van der Waals surface area contributed by atoms with Crippen LogP contribution in [0.25, 0.3) is 11.1 Å². The average Bonchev–Trinajstić information content (AvgIpc) is 3.16. The van der Waals surface area contributed by atoms with Crippen LogP contribution in [0.15, 0.2) is 48.5 Å². The van der Waals surface area contributed by atoms with Crippen molar-refractivity contribution < 1.29 is 24.2 Å². The van der Waals surface area contributed by atoms with E-state index in [1.165, 1.54) is 0 Å². The van der Waals surface area contributed by atoms with Crippen molar-refractivity contribution >= 4 is 18.0 Å². The normalized spacial score (nSPS) is 22.1. The van der Waals surface area contributed by atoms with Crippen LogP contribution in [0.1, 0.15) is 63.5 Å². The minimum absolute atomic E-state index is 0.0843. The molecule has 35 heavy (non-hydrogen) atoms. The maximum absolute atomic E-state index is 13.1. The fourth-order valence-electron chi connectivity index (χ4n) is 5.26. The van der Waals surface area contributed by atoms with E-state index in [0.29, 0.717) is 18.8 Å². The van der Waals surface area contributed by atoms with Crippen molar-refractivity contribution in [1.82, 2.24) is 10.6 Å². The third-order valence-electron chi connectivity index (χ3n) is 7.47. The zero-order valence-electron chi connectivity index (χ0n) is 20.5. The van der Waals surface area contributed by atoms with Gasteiger partial charge in [0, 0.05) is 5.92 Å². The van der Waals surface area contributed by atoms with Gasteiger partial charge in [-0.1, -0.05) is 69.3 Å². The van der Waals surface area contributed by atoms with Gasteiger partial charge in [-0.25, -0.2) is 9.59 Å². The van der Waals surface area contributed by atoms with Gasteiger partial charge in [-0.3, -0.25) is 4.79 Å². The lowest BCUT2D eigenvalue weighted by molar-refractivity contribution is -0.150. The lowest BCUT2D eigenvalue weighted by Crippen LogP contribution is -2.61. The second-order valence-corrected chi connectivity index (χ2v) is 10.3. The predicted octanol–water partition coefficient (Wildman–Crippen LogP) is 4.70. The van der Waals surface area contributed by atoms with Crippen molar-refractivity contribution in [3.63, 3.8) is 0 Å². The SMILES string of the molecule is CC1CCC(NC(=O)[C@H](NC(=O)OCC2c3ccccc3-c3ccccc32)C(C)C)(C(=O)O)CC1. The summed E-state index contributed by atoms with van der Waals surface area (Å²) in [5.41, 5.74) is 3.19. The molecule has 0 unspecified atom stereocenters. The number of carboxylic acid groups (broad SMARTS) is 1. The molecule has 2 amide bonds. The van der Waals surface area contributed by atoms with Crippen molar-refractivity contribution in [2.24, 2.45) is 11.8 Å². The van der Waals surface area contributed by atoms with Crippen LogP contribution >= 0.6 is 0 Å². The number of aliphatic carboxylic acids is 1. The van der Waals surface area contributed by atoms with Gasteiger partial charge in [0.25, 0.3) is 0 Å². The molecule has 1 fully saturated rings. The molecule has 7 heteroatoms. The molecule has 1 saturated carbocycles. The summed E-state index contributed by atoms with van der Waals surface area (Å²) in [6.07, 6.45) is 1.54. The molecule has 2 aliphatic rings. The number of carboxylic acids is 1. The molecule has 0 radical (unpaired) electrons. The molecule has 0 spiro atoms. The first kappa shape index (κ1) is 24.8. The van der Waals surface area contributed by atoms with E-state index in [9.17, 15) is 19.5 Å². The summed E-state index contributed by atoms with van der Waals surface area (Å²) in [5, 5.41) is 15.3. The fourth-order valence-corrected chi connectivity index (χ4v) is 5.26. The summed E-state index contributed by atoms with van der Waals surface area (Å²) >= 11 is 0. The Labute approximate surface area is 206 Å². The van der Waals surface area contributed by atoms with Gasteiger partial charge in [-0.05, 0) is 59.8 Å². The minimum atomic E-state index is -1.29. The highest BCUT2D eigenvalue weighted by Crippen LogP contribution is 2.44. The number of ether oxygens (including phenoxy) is 1. The number of hydrogen-bond donors (Lipinski definition) is 3. The number of fused-ring (bicyclic) bond motifs is 3. The molecule has 0 aliphatic heterocycles. The molecule has 7 nitrogen and oxygen atoms in total. The van der Waals surface area contributed by atoms with E-state index in [1.54, 1.807) is 0 Å². The van der Waals surface area contributed by atoms with Crippen molar-refractivity contribution in [2.45, 2.75) is 64.0 Å². The van der Waals surface area contributed by atoms with E-state index in [0.717, 1.165) is 35.1 Å². The van der Waals surface area contributed by atoms with E-state index in [4.69, 9.17) is 4.74 Å². The highest BCUT2D eigenvalue weighted by atomic mass is 16.5. The third-order valence-corrected chi connectivity index (χ3v) is 7.47. The molecule has 1 atom stereocenters. The molecule has 3 N–H and O–H groups in total. The molecule has 2 aromatic carbocycles. The van der Waals surface area contributed by atoms with Gasteiger partial charge >= 0.3 is 12.1 Å². The van der Waals surface area contributed by atoms with Crippen LogP contribution in [-0.2, 0) is 14.3 Å². The zero-order valence-corrected chi connectivity index (χ0v) is 20.5. The van der Waals surface area contributed by atoms with E-state index in [2.05, 4.69) is 29.7 Å². The van der Waals surface area contributed by atoms with Crippen LogP contribution in [0.3, 0.4) is 0 Å². The third kappa shape index (κ3) is 5.04. The number of nitrogens with one attached hydrogen (secondary N) is 2. The summed E-state index contributed by atoms with van der Waals surface area (Å²) in [7, 11) is 0. The lowest BCUT2D eigenvalue weighted by Gasteiger charge is -2.37. The standard InChI is InChI=1S/C28H34N2O5/c1-17(2)24(25(31)30-28(26(32)33)14-12-18(3)13-15-28)29-27(34)35-16-23-21-10-6-4-8-19(21)20-9-5-7-11-22(20)23/h4-11,17-18,23-24H,12-16H2,1-3H3,(H,29,34)(H,30,31)(H,32,33)/t18?,24-,28?/m1/s1. The maximum atomic E-state index is 13.1. The van der Waals surface area contributed by atoms with Crippen molar-refractivity contribution in [3.05, 3.63) is 59.7 Å². The van der Waals surface area contributed by atoms with Crippen molar-refractivity contribution in [3.8, 4) is 11.1 Å². The van der Waals surface area contributed by atoms with Gasteiger partial charge in [0.15, 0.2) is 0 Å². The van der Waals surface area contributed by atoms with E-state index in [1.807, 2.05) is 50.2 Å². The smallest absolute Gasteiger partial charge is 0.407 e. The van der Waals surface area contributed by atoms with Crippen LogP contribution < -0.4 is 10.6 Å². The number of rotatable bonds is 7. The quantitative estimate of drug-likeness (QED) is 0.535. The monoisotopic (exact) mass is 478 g/mol. The summed E-state index contributed by atoms with van der Waals surface area (Å²) in [6, 6.07) is 15.3. The molecular formula is C28H34N2O5. The number of alkyl carbamates (subject to hydrolysis) is 1. The number of carbonyl (C=O) groups excluding carboxylic acids is 2. The first-order valence-electron chi connectivity index (χ1n) is 12.4. The number of benzene rings is 2. The topological polar surface area (TPSA) is 105 Å². The first-order valence-corrected chi connectivity index (χ1v) is 12.4. The van der Waals surface area contributed by atoms with Gasteiger partial charge in [0.1, 0.15) is 18.2 Å². The molecule has 2 aliphatic carbocycles. The Morgan fingerprint density at radius 1 is 1.00 bits per heavy atom. The van der Waals surface area contributed by atoms with Gasteiger partial charge < -0.3 is 20.5 Å². The van der Waals surface area contributed by atoms with Crippen LogP contribution in [0.2, 0.25) is 0 Å². The summed E-state index contributed by atoms with van der Waals surface area (Å²) in [5.74, 6) is -1.42. The molecule has 4 rings (SSSR count). The minimum Gasteiger partial charge on any atom is -0.480 e. The van der Waals surface area contributed by atoms with Gasteiger partial charge in [0.2, 0.25) is 5.91 Å². The number of carbonyl (C=O) groups is 3. The van der Waals surface area contributed by atoms with Crippen molar-refractivity contribution in [1.29, 1.82) is 0 Å². The number of amides is 2. The molecule has 0 aromatic heterocycles. The maximum Gasteiger partial charge on any atom is 0.407 e. The lowest BCUT2D eigenvalue weighted by atomic mass is 9.77. The molecular weight excluding hydrogens is 444 g/mol. The highest BCUT2D eigenvalue weighted by molar-refractivity contribution is 5.91. The molecule has 0 heterocycles. The average molecular weight is 479 g/mol. The number of hydrogen-bond acceptors (Lipinski definition) is 4. The van der Waals surface area contributed by atoms with Gasteiger partial charge in [-0.2, -0.15) is 0 Å². The Hall–Kier alpha value is -3.35. The van der Waals surface area contributed by atoms with Crippen LogP contribution in [-0.4, -0.2) is 41.3 Å². The van der Waals surface area contributed by atoms with Crippen LogP contribution in [0.5, 0.6) is 0 Å². The van der Waals surface area contributed by atoms with Crippen molar-refractivity contribution in [2.75, 3.05) is 6.61 Å². The Morgan fingerprint density at radius 3 is 2.06 bits per heavy atom. The Morgan fingerprint density at radius 2 is 1.54 bits per heavy atom. The van der Waals surface area contributed by atoms with E-state index >= 15 is 0 Å². The molecule has 2 aromatic rings. The highest BCUT2D eigenvalue weighted by Gasteiger charge is 2.44. The van der Waals surface area contributed by atoms with Gasteiger partial charge in [0.05, 0.1) is 0 Å². The summed E-state index contributed by atoms with van der Waals surface area (Å²) < 4.78 is 5.60. The van der Waals surface area contributed by atoms with Gasteiger partial charge in [-0.15, -0.1) is 0 Å². The Bertz CT molecular complexity index is 1060. The van der Waals surface area contributed by atoms with E-state index in [-0.39, 0.29) is 18.4 Å². The van der Waals surface area contributed by atoms with Crippen LogP contribution in [0.4, 0.5) is 4.79 Å². The molecule has 186 valence electrons. The Kier molecular flexibility index (Phi) is 7.15. The largest absolute Gasteiger partial charge is 0.480 e. The van der Waals surface area contributed by atoms with Crippen LogP contribution in [0, 0.1) is 11.8 Å². The molecule has 0 saturated heterocycles. The second-order valence-electron chi connectivity index (χ2n) is 10.3. The first-order chi connectivity index (χ1) is 16.7. The fraction of sp³-hybridized carbons (Fsp3) is 0.464.